The average Bonchev–Trinajstić information content (AvgIpc) is 2.95. The smallest absolute Gasteiger partial charge is 0.271 e. The zero-order valence-corrected chi connectivity index (χ0v) is 14.2. The van der Waals surface area contributed by atoms with Crippen molar-refractivity contribution in [2.75, 3.05) is 0 Å². The number of rotatable bonds is 3. The van der Waals surface area contributed by atoms with E-state index in [9.17, 15) is 10.1 Å². The van der Waals surface area contributed by atoms with Gasteiger partial charge in [-0.15, -0.1) is 0 Å². The number of hydrogen-bond acceptors (Lipinski definition) is 3. The molecule has 0 aliphatic rings. The van der Waals surface area contributed by atoms with Crippen molar-refractivity contribution in [3.63, 3.8) is 0 Å². The third-order valence-corrected chi connectivity index (χ3v) is 4.15. The van der Waals surface area contributed by atoms with Gasteiger partial charge in [0.05, 0.1) is 16.1 Å². The fourth-order valence-electron chi connectivity index (χ4n) is 2.46. The number of fused-ring (bicyclic) bond motifs is 1. The Labute approximate surface area is 148 Å². The van der Waals surface area contributed by atoms with Crippen LogP contribution in [0.1, 0.15) is 17.3 Å². The molecule has 0 radical (unpaired) electrons. The number of carbonyl (C=O) groups excluding carboxylic acids is 1. The van der Waals surface area contributed by atoms with Gasteiger partial charge in [0.1, 0.15) is 11.8 Å². The summed E-state index contributed by atoms with van der Waals surface area (Å²) in [5.74, 6) is 0.0811. The molecule has 1 aromatic heterocycles. The van der Waals surface area contributed by atoms with Crippen LogP contribution in [0.5, 0.6) is 5.75 Å². The third kappa shape index (κ3) is 2.96. The topological polar surface area (TPSA) is 55.0 Å². The molecule has 120 valence electrons. The van der Waals surface area contributed by atoms with Gasteiger partial charge in [0.2, 0.25) is 0 Å². The number of ether oxygens (including phenoxy) is 1. The maximum absolute atomic E-state index is 12.7. The zero-order chi connectivity index (χ0) is 17.3. The largest absolute Gasteiger partial charge is 0.479 e. The highest BCUT2D eigenvalue weighted by atomic mass is 35.5. The van der Waals surface area contributed by atoms with Crippen molar-refractivity contribution in [3.8, 4) is 11.8 Å². The molecule has 0 fully saturated rings. The summed E-state index contributed by atoms with van der Waals surface area (Å²) < 4.78 is 7.10. The van der Waals surface area contributed by atoms with E-state index in [2.05, 4.69) is 6.07 Å². The molecule has 0 N–H and O–H groups in total. The van der Waals surface area contributed by atoms with Crippen LogP contribution in [0.2, 0.25) is 10.0 Å². The minimum atomic E-state index is -0.786. The van der Waals surface area contributed by atoms with E-state index in [1.54, 1.807) is 37.3 Å². The predicted octanol–water partition coefficient (Wildman–Crippen LogP) is 4.93. The van der Waals surface area contributed by atoms with Crippen molar-refractivity contribution in [2.24, 2.45) is 0 Å². The van der Waals surface area contributed by atoms with Crippen LogP contribution < -0.4 is 4.74 Å². The molecule has 0 aliphatic carbocycles. The Morgan fingerprint density at radius 3 is 2.71 bits per heavy atom. The Balaban J connectivity index is 1.93. The van der Waals surface area contributed by atoms with Gasteiger partial charge < -0.3 is 4.74 Å². The average molecular weight is 359 g/mol. The molecule has 4 nitrogen and oxygen atoms in total. The fourth-order valence-corrected chi connectivity index (χ4v) is 2.91. The molecule has 1 atom stereocenters. The van der Waals surface area contributed by atoms with Crippen LogP contribution in [0.4, 0.5) is 0 Å². The first-order chi connectivity index (χ1) is 11.5. The van der Waals surface area contributed by atoms with Crippen LogP contribution in [0, 0.1) is 11.3 Å². The van der Waals surface area contributed by atoms with E-state index in [1.165, 1.54) is 10.8 Å². The molecule has 0 spiro atoms. The Hall–Kier alpha value is -2.48. The number of benzene rings is 2. The lowest BCUT2D eigenvalue weighted by Crippen LogP contribution is -2.28. The number of hydrogen-bond donors (Lipinski definition) is 0. The molecule has 0 bridgehead atoms. The van der Waals surface area contributed by atoms with Gasteiger partial charge >= 0.3 is 0 Å². The predicted molar refractivity (Wildman–Crippen MR) is 93.8 cm³/mol. The molecule has 0 unspecified atom stereocenters. The maximum atomic E-state index is 12.7. The molecule has 0 saturated heterocycles. The molecule has 0 amide bonds. The van der Waals surface area contributed by atoms with E-state index in [1.807, 2.05) is 12.1 Å². The molecule has 2 aromatic carbocycles. The molecular weight excluding hydrogens is 347 g/mol. The number of carbonyl (C=O) groups is 1. The lowest BCUT2D eigenvalue weighted by atomic mass is 10.2. The standard InChI is InChI=1S/C18H12Cl2N2O2/c1-11(24-17-7-6-13(19)8-15(17)20)18(23)22-10-12(9-21)14-4-2-3-5-16(14)22/h2-8,10-11H,1H3/t11-/m1/s1. The summed E-state index contributed by atoms with van der Waals surface area (Å²) in [6, 6.07) is 14.1. The second-order valence-electron chi connectivity index (χ2n) is 5.21. The van der Waals surface area contributed by atoms with Crippen molar-refractivity contribution in [3.05, 3.63) is 64.3 Å². The normalized spacial score (nSPS) is 11.9. The Kier molecular flexibility index (Phi) is 4.48. The number of halogens is 2. The molecule has 1 heterocycles. The number of nitrogens with zero attached hydrogens (tertiary/aromatic N) is 2. The van der Waals surface area contributed by atoms with Crippen LogP contribution >= 0.6 is 23.2 Å². The van der Waals surface area contributed by atoms with Crippen molar-refractivity contribution in [1.82, 2.24) is 4.57 Å². The highest BCUT2D eigenvalue weighted by molar-refractivity contribution is 6.35. The quantitative estimate of drug-likeness (QED) is 0.666. The van der Waals surface area contributed by atoms with Crippen molar-refractivity contribution < 1.29 is 9.53 Å². The van der Waals surface area contributed by atoms with Crippen LogP contribution in [0.25, 0.3) is 10.9 Å². The summed E-state index contributed by atoms with van der Waals surface area (Å²) in [6.45, 7) is 1.63. The van der Waals surface area contributed by atoms with Gasteiger partial charge in [0.25, 0.3) is 5.91 Å². The van der Waals surface area contributed by atoms with E-state index in [-0.39, 0.29) is 5.91 Å². The Bertz CT molecular complexity index is 973. The molecule has 24 heavy (non-hydrogen) atoms. The first-order valence-corrected chi connectivity index (χ1v) is 7.93. The van der Waals surface area contributed by atoms with Gasteiger partial charge in [-0.25, -0.2) is 0 Å². The van der Waals surface area contributed by atoms with Crippen molar-refractivity contribution in [2.45, 2.75) is 13.0 Å². The van der Waals surface area contributed by atoms with Crippen molar-refractivity contribution >= 4 is 40.0 Å². The molecular formula is C18H12Cl2N2O2. The minimum Gasteiger partial charge on any atom is -0.479 e. The number of aromatic nitrogens is 1. The van der Waals surface area contributed by atoms with Gasteiger partial charge in [-0.1, -0.05) is 41.4 Å². The second-order valence-corrected chi connectivity index (χ2v) is 6.06. The van der Waals surface area contributed by atoms with Gasteiger partial charge in [0, 0.05) is 16.6 Å². The monoisotopic (exact) mass is 358 g/mol. The van der Waals surface area contributed by atoms with Gasteiger partial charge in [-0.2, -0.15) is 5.26 Å². The van der Waals surface area contributed by atoms with Crippen molar-refractivity contribution in [1.29, 1.82) is 5.26 Å². The summed E-state index contributed by atoms with van der Waals surface area (Å²) in [5.41, 5.74) is 1.10. The fraction of sp³-hybridized carbons (Fsp3) is 0.111. The van der Waals surface area contributed by atoms with Crippen LogP contribution in [0.15, 0.2) is 48.7 Å². The van der Waals surface area contributed by atoms with E-state index >= 15 is 0 Å². The first kappa shape index (κ1) is 16.4. The van der Waals surface area contributed by atoms with Crippen LogP contribution in [-0.4, -0.2) is 16.6 Å². The minimum absolute atomic E-state index is 0.293. The summed E-state index contributed by atoms with van der Waals surface area (Å²) in [6.07, 6.45) is 0.738. The lowest BCUT2D eigenvalue weighted by Gasteiger charge is -2.15. The molecule has 6 heteroatoms. The first-order valence-electron chi connectivity index (χ1n) is 7.17. The van der Waals surface area contributed by atoms with E-state index < -0.39 is 6.10 Å². The molecule has 0 aliphatic heterocycles. The highest BCUT2D eigenvalue weighted by Crippen LogP contribution is 2.29. The number of nitriles is 1. The molecule has 3 aromatic rings. The third-order valence-electron chi connectivity index (χ3n) is 3.62. The van der Waals surface area contributed by atoms with E-state index in [4.69, 9.17) is 27.9 Å². The SMILES string of the molecule is C[C@@H](Oc1ccc(Cl)cc1Cl)C(=O)n1cc(C#N)c2ccccc21. The lowest BCUT2D eigenvalue weighted by molar-refractivity contribution is 0.0734. The second kappa shape index (κ2) is 6.56. The van der Waals surface area contributed by atoms with Gasteiger partial charge in [0.15, 0.2) is 6.10 Å². The number of para-hydroxylation sites is 1. The highest BCUT2D eigenvalue weighted by Gasteiger charge is 2.21. The van der Waals surface area contributed by atoms with Gasteiger partial charge in [-0.05, 0) is 31.2 Å². The summed E-state index contributed by atoms with van der Waals surface area (Å²) in [5, 5.41) is 10.8. The molecule has 3 rings (SSSR count). The van der Waals surface area contributed by atoms with Crippen LogP contribution in [0.3, 0.4) is 0 Å². The zero-order valence-electron chi connectivity index (χ0n) is 12.7. The van der Waals surface area contributed by atoms with E-state index in [0.29, 0.717) is 26.9 Å². The summed E-state index contributed by atoms with van der Waals surface area (Å²) in [7, 11) is 0. The van der Waals surface area contributed by atoms with E-state index in [0.717, 1.165) is 5.39 Å². The molecule has 0 saturated carbocycles. The Morgan fingerprint density at radius 2 is 2.00 bits per heavy atom. The van der Waals surface area contributed by atoms with Gasteiger partial charge in [-0.3, -0.25) is 9.36 Å². The maximum Gasteiger partial charge on any atom is 0.271 e. The summed E-state index contributed by atoms with van der Waals surface area (Å²) >= 11 is 11.9. The van der Waals surface area contributed by atoms with Crippen LogP contribution in [-0.2, 0) is 0 Å². The Morgan fingerprint density at radius 1 is 1.25 bits per heavy atom. The summed E-state index contributed by atoms with van der Waals surface area (Å²) in [4.78, 5) is 12.7.